The minimum Gasteiger partial charge on any atom is -0.445 e. The molecule has 0 aliphatic carbocycles. The van der Waals surface area contributed by atoms with E-state index in [2.05, 4.69) is 10.0 Å². The fraction of sp³-hybridized carbons (Fsp3) is 0. The lowest BCUT2D eigenvalue weighted by Crippen LogP contribution is -2.33. The Kier molecular flexibility index (Phi) is 3.49. The Hall–Kier alpha value is -2.40. The van der Waals surface area contributed by atoms with Crippen LogP contribution in [0.15, 0.2) is 53.6 Å². The van der Waals surface area contributed by atoms with Crippen molar-refractivity contribution in [2.45, 2.75) is 0 Å². The van der Waals surface area contributed by atoms with Crippen LogP contribution < -0.4 is 5.46 Å². The lowest BCUT2D eigenvalue weighted by Gasteiger charge is -2.15. The number of halogens is 3. The average Bonchev–Trinajstić information content (AvgIpc) is 2.39. The number of hydrogen-bond donors (Lipinski definition) is 0. The van der Waals surface area contributed by atoms with Crippen molar-refractivity contribution in [2.75, 3.05) is 0 Å². The lowest BCUT2D eigenvalue weighted by molar-refractivity contribution is 0.501. The van der Waals surface area contributed by atoms with Crippen molar-refractivity contribution in [1.29, 1.82) is 0 Å². The van der Waals surface area contributed by atoms with Gasteiger partial charge in [0.2, 0.25) is 0 Å². The van der Waals surface area contributed by atoms with Crippen LogP contribution in [-0.2, 0) is 0 Å². The molecule has 0 radical (unpaired) electrons. The van der Waals surface area contributed by atoms with Gasteiger partial charge in [-0.3, -0.25) is 0 Å². The van der Waals surface area contributed by atoms with Crippen LogP contribution in [0.3, 0.4) is 0 Å². The van der Waals surface area contributed by atoms with E-state index < -0.39 is 12.4 Å². The molecule has 0 fully saturated rings. The van der Waals surface area contributed by atoms with Crippen LogP contribution in [0.25, 0.3) is 21.6 Å². The molecule has 0 aliphatic rings. The maximum Gasteiger partial charge on any atom is 0.509 e. The minimum absolute atomic E-state index is 0.460. The number of hydrogen-bond acceptors (Lipinski definition) is 1. The summed E-state index contributed by atoms with van der Waals surface area (Å²) >= 11 is 0. The van der Waals surface area contributed by atoms with Gasteiger partial charge in [-0.25, -0.2) is 0 Å². The van der Waals surface area contributed by atoms with Gasteiger partial charge in [0.25, 0.3) is 0 Å². The third-order valence-corrected chi connectivity index (χ3v) is 2.65. The Bertz CT molecular complexity index is 614. The summed E-state index contributed by atoms with van der Waals surface area (Å²) in [5.74, 6) is 0. The molecule has 96 valence electrons. The molecule has 7 heteroatoms. The molecule has 0 aliphatic heterocycles. The zero-order chi connectivity index (χ0) is 13.9. The molecule has 0 saturated heterocycles. The number of azide groups is 1. The predicted molar refractivity (Wildman–Crippen MR) is 69.4 cm³/mol. The quantitative estimate of drug-likeness (QED) is 0.341. The van der Waals surface area contributed by atoms with Gasteiger partial charge in [-0.1, -0.05) is 53.6 Å². The van der Waals surface area contributed by atoms with Crippen molar-refractivity contribution in [1.82, 2.24) is 0 Å². The van der Waals surface area contributed by atoms with Crippen LogP contribution in [-0.4, -0.2) is 6.98 Å². The second-order valence-corrected chi connectivity index (χ2v) is 3.93. The topological polar surface area (TPSA) is 48.8 Å². The lowest BCUT2D eigenvalue weighted by atomic mass is 9.79. The molecule has 3 nitrogen and oxygen atoms in total. The molecule has 19 heavy (non-hydrogen) atoms. The molecular formula is C12H8BF3N3-. The first kappa shape index (κ1) is 13.0. The Balaban J connectivity index is 2.29. The van der Waals surface area contributed by atoms with Gasteiger partial charge in [-0.15, -0.1) is 5.46 Å². The minimum atomic E-state index is -4.96. The largest absolute Gasteiger partial charge is 0.509 e. The first-order chi connectivity index (χ1) is 9.00. The molecule has 2 rings (SSSR count). The van der Waals surface area contributed by atoms with Crippen LogP contribution in [0.1, 0.15) is 0 Å². The molecule has 0 heterocycles. The van der Waals surface area contributed by atoms with E-state index in [1.807, 2.05) is 0 Å². The van der Waals surface area contributed by atoms with Gasteiger partial charge in [-0.05, 0) is 16.7 Å². The van der Waals surface area contributed by atoms with Gasteiger partial charge in [0.05, 0.1) is 0 Å². The summed E-state index contributed by atoms with van der Waals surface area (Å²) in [5, 5.41) is 3.42. The maximum atomic E-state index is 12.5. The third-order valence-electron chi connectivity index (χ3n) is 2.65. The highest BCUT2D eigenvalue weighted by molar-refractivity contribution is 6.73. The van der Waals surface area contributed by atoms with Crippen LogP contribution in [0, 0.1) is 0 Å². The predicted octanol–water partition coefficient (Wildman–Crippen LogP) is 4.35. The van der Waals surface area contributed by atoms with Crippen molar-refractivity contribution in [3.05, 3.63) is 59.0 Å². The second-order valence-electron chi connectivity index (χ2n) is 3.93. The van der Waals surface area contributed by atoms with Crippen molar-refractivity contribution in [2.24, 2.45) is 5.11 Å². The Morgan fingerprint density at radius 1 is 0.842 bits per heavy atom. The summed E-state index contributed by atoms with van der Waals surface area (Å²) in [6, 6.07) is 11.6. The summed E-state index contributed by atoms with van der Waals surface area (Å²) in [7, 11) is 0. The molecule has 0 spiro atoms. The molecule has 0 saturated carbocycles. The van der Waals surface area contributed by atoms with E-state index in [9.17, 15) is 12.9 Å². The number of benzene rings is 2. The molecule has 0 bridgehead atoms. The smallest absolute Gasteiger partial charge is 0.445 e. The summed E-state index contributed by atoms with van der Waals surface area (Å²) in [6.07, 6.45) is 0. The highest BCUT2D eigenvalue weighted by atomic mass is 19.4. The number of rotatable bonds is 3. The SMILES string of the molecule is [N-]=[N+]=Nc1ccc(-c2ccc([B-](F)(F)F)cc2)cc1. The van der Waals surface area contributed by atoms with Gasteiger partial charge in [0.1, 0.15) is 0 Å². The molecule has 2 aromatic carbocycles. The van der Waals surface area contributed by atoms with Crippen molar-refractivity contribution < 1.29 is 12.9 Å². The first-order valence-electron chi connectivity index (χ1n) is 5.46. The van der Waals surface area contributed by atoms with E-state index in [-0.39, 0.29) is 0 Å². The molecular weight excluding hydrogens is 254 g/mol. The summed E-state index contributed by atoms with van der Waals surface area (Å²) in [6.45, 7) is -4.96. The Morgan fingerprint density at radius 2 is 1.32 bits per heavy atom. The van der Waals surface area contributed by atoms with Crippen LogP contribution in [0.5, 0.6) is 0 Å². The van der Waals surface area contributed by atoms with E-state index in [1.54, 1.807) is 24.3 Å². The highest BCUT2D eigenvalue weighted by Crippen LogP contribution is 2.22. The van der Waals surface area contributed by atoms with E-state index in [0.717, 1.165) is 17.7 Å². The summed E-state index contributed by atoms with van der Waals surface area (Å²) < 4.78 is 37.4. The second kappa shape index (κ2) is 5.08. The van der Waals surface area contributed by atoms with Gasteiger partial charge < -0.3 is 12.9 Å². The van der Waals surface area contributed by atoms with Crippen LogP contribution >= 0.6 is 0 Å². The van der Waals surface area contributed by atoms with E-state index in [0.29, 0.717) is 11.3 Å². The normalized spacial score (nSPS) is 10.9. The van der Waals surface area contributed by atoms with Crippen molar-refractivity contribution in [3.63, 3.8) is 0 Å². The zero-order valence-electron chi connectivity index (χ0n) is 9.67. The Morgan fingerprint density at radius 3 is 1.74 bits per heavy atom. The monoisotopic (exact) mass is 262 g/mol. The van der Waals surface area contributed by atoms with Gasteiger partial charge >= 0.3 is 6.98 Å². The third kappa shape index (κ3) is 3.08. The van der Waals surface area contributed by atoms with Crippen LogP contribution in [0.2, 0.25) is 0 Å². The molecule has 0 amide bonds. The van der Waals surface area contributed by atoms with Crippen molar-refractivity contribution in [3.8, 4) is 11.1 Å². The van der Waals surface area contributed by atoms with Gasteiger partial charge in [-0.2, -0.15) is 0 Å². The zero-order valence-corrected chi connectivity index (χ0v) is 9.67. The van der Waals surface area contributed by atoms with E-state index in [1.165, 1.54) is 12.1 Å². The average molecular weight is 262 g/mol. The summed E-state index contributed by atoms with van der Waals surface area (Å²) in [5.41, 5.74) is 9.55. The van der Waals surface area contributed by atoms with Crippen LogP contribution in [0.4, 0.5) is 18.6 Å². The maximum absolute atomic E-state index is 12.5. The molecule has 0 aromatic heterocycles. The van der Waals surface area contributed by atoms with Gasteiger partial charge in [0.15, 0.2) is 0 Å². The Labute approximate surface area is 107 Å². The molecule has 0 unspecified atom stereocenters. The molecule has 2 aromatic rings. The number of nitrogens with zero attached hydrogens (tertiary/aromatic N) is 3. The fourth-order valence-electron chi connectivity index (χ4n) is 1.67. The van der Waals surface area contributed by atoms with E-state index in [4.69, 9.17) is 5.53 Å². The molecule has 0 N–H and O–H groups in total. The van der Waals surface area contributed by atoms with Crippen molar-refractivity contribution >= 4 is 18.1 Å². The van der Waals surface area contributed by atoms with E-state index >= 15 is 0 Å². The first-order valence-corrected chi connectivity index (χ1v) is 5.46. The van der Waals surface area contributed by atoms with Gasteiger partial charge in [0, 0.05) is 10.6 Å². The standard InChI is InChI=1S/C12H8BF3N3/c14-13(15,16)11-5-1-9(2-6-11)10-3-7-12(8-4-10)18-19-17/h1-8H/q-1. The summed E-state index contributed by atoms with van der Waals surface area (Å²) in [4.78, 5) is 2.65. The molecule has 0 atom stereocenters. The fourth-order valence-corrected chi connectivity index (χ4v) is 1.67. The highest BCUT2D eigenvalue weighted by Gasteiger charge is 2.24.